The molecule has 72 valence electrons. The maximum absolute atomic E-state index is 10.2. The van der Waals surface area contributed by atoms with Gasteiger partial charge in [-0.1, -0.05) is 32.9 Å². The molecule has 0 spiro atoms. The Bertz CT molecular complexity index is 132. The van der Waals surface area contributed by atoms with Crippen LogP contribution in [0.15, 0.2) is 12.2 Å². The average molecular weight is 173 g/mol. The van der Waals surface area contributed by atoms with Gasteiger partial charge in [0.1, 0.15) is 0 Å². The van der Waals surface area contributed by atoms with E-state index in [1.807, 2.05) is 32.9 Å². The summed E-state index contributed by atoms with van der Waals surface area (Å²) in [5, 5.41) is 8.37. The third-order valence-corrected chi connectivity index (χ3v) is 1.11. The maximum Gasteiger partial charge on any atom is 0.407 e. The molecule has 1 amide bonds. The first-order valence-electron chi connectivity index (χ1n) is 4.27. The Kier molecular flexibility index (Phi) is 11.3. The number of allylic oxidation sites excluding steroid dienone is 1. The van der Waals surface area contributed by atoms with Crippen molar-refractivity contribution in [2.45, 2.75) is 27.2 Å². The van der Waals surface area contributed by atoms with E-state index in [0.717, 1.165) is 6.42 Å². The molecular formula is C9H19NO2. The van der Waals surface area contributed by atoms with E-state index < -0.39 is 6.09 Å². The molecule has 0 bridgehead atoms. The zero-order valence-electron chi connectivity index (χ0n) is 8.37. The van der Waals surface area contributed by atoms with Gasteiger partial charge in [0.2, 0.25) is 0 Å². The fraction of sp³-hybridized carbons (Fsp3) is 0.667. The van der Waals surface area contributed by atoms with Gasteiger partial charge >= 0.3 is 6.09 Å². The van der Waals surface area contributed by atoms with E-state index in [2.05, 4.69) is 0 Å². The van der Waals surface area contributed by atoms with Crippen LogP contribution in [-0.4, -0.2) is 29.7 Å². The molecule has 0 aliphatic heterocycles. The second-order valence-electron chi connectivity index (χ2n) is 2.04. The first kappa shape index (κ1) is 13.6. The highest BCUT2D eigenvalue weighted by molar-refractivity contribution is 5.64. The largest absolute Gasteiger partial charge is 0.465 e. The van der Waals surface area contributed by atoms with Gasteiger partial charge in [0.05, 0.1) is 0 Å². The van der Waals surface area contributed by atoms with Crippen LogP contribution < -0.4 is 0 Å². The highest BCUT2D eigenvalue weighted by atomic mass is 16.4. The summed E-state index contributed by atoms with van der Waals surface area (Å²) < 4.78 is 0. The molecule has 0 unspecified atom stereocenters. The summed E-state index contributed by atoms with van der Waals surface area (Å²) in [7, 11) is 1.54. The van der Waals surface area contributed by atoms with E-state index in [9.17, 15) is 4.79 Å². The minimum absolute atomic E-state index is 0.475. The van der Waals surface area contributed by atoms with E-state index >= 15 is 0 Å². The fourth-order valence-electron chi connectivity index (χ4n) is 0.477. The van der Waals surface area contributed by atoms with Crippen molar-refractivity contribution >= 4 is 6.09 Å². The quantitative estimate of drug-likeness (QED) is 0.666. The van der Waals surface area contributed by atoms with Crippen molar-refractivity contribution in [3.63, 3.8) is 0 Å². The molecule has 0 aromatic carbocycles. The van der Waals surface area contributed by atoms with Crippen molar-refractivity contribution in [3.05, 3.63) is 12.2 Å². The molecular weight excluding hydrogens is 154 g/mol. The molecule has 0 aromatic rings. The Morgan fingerprint density at radius 2 is 1.92 bits per heavy atom. The van der Waals surface area contributed by atoms with E-state index in [0.29, 0.717) is 6.54 Å². The Balaban J connectivity index is 0. The number of carboxylic acid groups (broad SMARTS) is 1. The molecule has 0 radical (unpaired) electrons. The highest BCUT2D eigenvalue weighted by Gasteiger charge is 1.99. The summed E-state index contributed by atoms with van der Waals surface area (Å²) in [4.78, 5) is 11.4. The van der Waals surface area contributed by atoms with E-state index in [1.54, 1.807) is 7.05 Å². The Morgan fingerprint density at radius 3 is 2.25 bits per heavy atom. The minimum atomic E-state index is -0.888. The molecule has 0 aromatic heterocycles. The van der Waals surface area contributed by atoms with Gasteiger partial charge in [-0.25, -0.2) is 4.79 Å². The molecule has 12 heavy (non-hydrogen) atoms. The van der Waals surface area contributed by atoms with Crippen LogP contribution >= 0.6 is 0 Å². The molecule has 0 heterocycles. The lowest BCUT2D eigenvalue weighted by Gasteiger charge is -2.08. The summed E-state index contributed by atoms with van der Waals surface area (Å²) in [6.45, 7) is 6.49. The number of hydrogen-bond acceptors (Lipinski definition) is 1. The Morgan fingerprint density at radius 1 is 1.42 bits per heavy atom. The van der Waals surface area contributed by atoms with Gasteiger partial charge in [-0.15, -0.1) is 0 Å². The van der Waals surface area contributed by atoms with Crippen molar-refractivity contribution in [2.75, 3.05) is 13.6 Å². The predicted octanol–water partition coefficient (Wildman–Crippen LogP) is 2.59. The molecule has 1 N–H and O–H groups in total. The van der Waals surface area contributed by atoms with E-state index in [1.165, 1.54) is 4.90 Å². The van der Waals surface area contributed by atoms with Crippen LogP contribution in [0.4, 0.5) is 4.79 Å². The van der Waals surface area contributed by atoms with Crippen molar-refractivity contribution in [2.24, 2.45) is 0 Å². The number of likely N-dealkylation sites (N-methyl/N-ethyl adjacent to an activating group) is 1. The second-order valence-corrected chi connectivity index (χ2v) is 2.04. The monoisotopic (exact) mass is 173 g/mol. The lowest BCUT2D eigenvalue weighted by Crippen LogP contribution is -2.24. The standard InChI is InChI=1S/C7H13NO2.C2H6/c1-3-4-5-6-8(2)7(9)10;1-2/h4-5H,3,6H2,1-2H3,(H,9,10);1-2H3/b5-4-;. The second kappa shape index (κ2) is 10.0. The summed E-state index contributed by atoms with van der Waals surface area (Å²) in [5.74, 6) is 0. The molecule has 0 aliphatic carbocycles. The maximum atomic E-state index is 10.2. The third kappa shape index (κ3) is 9.01. The van der Waals surface area contributed by atoms with Gasteiger partial charge in [0.25, 0.3) is 0 Å². The molecule has 0 aliphatic rings. The van der Waals surface area contributed by atoms with Crippen molar-refractivity contribution in [1.82, 2.24) is 4.90 Å². The number of rotatable bonds is 3. The molecule has 0 fully saturated rings. The van der Waals surface area contributed by atoms with Gasteiger partial charge in [-0.05, 0) is 6.42 Å². The number of amides is 1. The first-order chi connectivity index (χ1) is 5.68. The summed E-state index contributed by atoms with van der Waals surface area (Å²) in [6.07, 6.45) is 3.85. The molecule has 0 atom stereocenters. The third-order valence-electron chi connectivity index (χ3n) is 1.11. The molecule has 0 saturated carbocycles. The van der Waals surface area contributed by atoms with Crippen LogP contribution in [-0.2, 0) is 0 Å². The topological polar surface area (TPSA) is 40.5 Å². The normalized spacial score (nSPS) is 9.00. The summed E-state index contributed by atoms with van der Waals surface area (Å²) in [6, 6.07) is 0. The SMILES string of the molecule is CC.CC/C=C\CN(C)C(=O)O. The smallest absolute Gasteiger partial charge is 0.407 e. The zero-order chi connectivity index (χ0) is 9.98. The minimum Gasteiger partial charge on any atom is -0.465 e. The Labute approximate surface area is 74.7 Å². The van der Waals surface area contributed by atoms with E-state index in [-0.39, 0.29) is 0 Å². The van der Waals surface area contributed by atoms with Crippen LogP contribution in [0.3, 0.4) is 0 Å². The average Bonchev–Trinajstić information content (AvgIpc) is 2.08. The zero-order valence-corrected chi connectivity index (χ0v) is 8.37. The molecule has 0 rings (SSSR count). The molecule has 3 heteroatoms. The first-order valence-corrected chi connectivity index (χ1v) is 4.27. The van der Waals surface area contributed by atoms with Crippen LogP contribution in [0.1, 0.15) is 27.2 Å². The van der Waals surface area contributed by atoms with Gasteiger partial charge in [0.15, 0.2) is 0 Å². The van der Waals surface area contributed by atoms with Crippen LogP contribution in [0.25, 0.3) is 0 Å². The lowest BCUT2D eigenvalue weighted by atomic mass is 10.4. The summed E-state index contributed by atoms with van der Waals surface area (Å²) >= 11 is 0. The predicted molar refractivity (Wildman–Crippen MR) is 51.4 cm³/mol. The molecule has 0 saturated heterocycles. The van der Waals surface area contributed by atoms with Gasteiger partial charge in [0, 0.05) is 13.6 Å². The van der Waals surface area contributed by atoms with Gasteiger partial charge < -0.3 is 10.0 Å². The van der Waals surface area contributed by atoms with Crippen molar-refractivity contribution in [1.29, 1.82) is 0 Å². The number of carbonyl (C=O) groups is 1. The van der Waals surface area contributed by atoms with Gasteiger partial charge in [-0.3, -0.25) is 0 Å². The number of hydrogen-bond donors (Lipinski definition) is 1. The molecule has 3 nitrogen and oxygen atoms in total. The van der Waals surface area contributed by atoms with Gasteiger partial charge in [-0.2, -0.15) is 0 Å². The van der Waals surface area contributed by atoms with Crippen LogP contribution in [0.5, 0.6) is 0 Å². The Hall–Kier alpha value is -0.990. The van der Waals surface area contributed by atoms with Crippen molar-refractivity contribution in [3.8, 4) is 0 Å². The summed E-state index contributed by atoms with van der Waals surface area (Å²) in [5.41, 5.74) is 0. The van der Waals surface area contributed by atoms with Crippen molar-refractivity contribution < 1.29 is 9.90 Å². The fourth-order valence-corrected chi connectivity index (χ4v) is 0.477. The van der Waals surface area contributed by atoms with Crippen LogP contribution in [0, 0.1) is 0 Å². The number of nitrogens with zero attached hydrogens (tertiary/aromatic N) is 1. The van der Waals surface area contributed by atoms with E-state index in [4.69, 9.17) is 5.11 Å². The lowest BCUT2D eigenvalue weighted by molar-refractivity contribution is 0.160. The van der Waals surface area contributed by atoms with Crippen LogP contribution in [0.2, 0.25) is 0 Å². The highest BCUT2D eigenvalue weighted by Crippen LogP contribution is 1.85.